The van der Waals surface area contributed by atoms with E-state index in [1.54, 1.807) is 0 Å². The summed E-state index contributed by atoms with van der Waals surface area (Å²) in [6.07, 6.45) is 0. The van der Waals surface area contributed by atoms with Crippen LogP contribution in [0.1, 0.15) is 27.8 Å². The largest absolute Gasteiger partial charge is 0.309 e. The maximum absolute atomic E-state index is 5.39. The number of fused-ring (bicyclic) bond motifs is 6. The molecule has 3 heteroatoms. The van der Waals surface area contributed by atoms with Crippen molar-refractivity contribution in [2.45, 2.75) is 20.4 Å². The van der Waals surface area contributed by atoms with Crippen LogP contribution < -0.4 is 0 Å². The lowest BCUT2D eigenvalue weighted by atomic mass is 9.99. The van der Waals surface area contributed by atoms with Gasteiger partial charge in [0.15, 0.2) is 0 Å². The van der Waals surface area contributed by atoms with Crippen LogP contribution in [0.3, 0.4) is 0 Å². The van der Waals surface area contributed by atoms with E-state index in [-0.39, 0.29) is 0 Å². The van der Waals surface area contributed by atoms with Gasteiger partial charge in [0.25, 0.3) is 0 Å². The Kier molecular flexibility index (Phi) is 6.98. The zero-order chi connectivity index (χ0) is 32.9. The number of para-hydroxylation sites is 4. The van der Waals surface area contributed by atoms with Crippen molar-refractivity contribution < 1.29 is 0 Å². The Morgan fingerprint density at radius 3 is 1.24 bits per heavy atom. The van der Waals surface area contributed by atoms with E-state index in [0.29, 0.717) is 6.54 Å². The zero-order valence-corrected chi connectivity index (χ0v) is 27.6. The molecule has 0 aliphatic rings. The average molecular weight is 630 g/mol. The molecule has 2 aromatic heterocycles. The third kappa shape index (κ3) is 5.03. The number of rotatable bonds is 6. The van der Waals surface area contributed by atoms with Crippen LogP contribution in [0.15, 0.2) is 169 Å². The Morgan fingerprint density at radius 2 is 0.816 bits per heavy atom. The highest BCUT2D eigenvalue weighted by atomic mass is 15.0. The molecule has 2 heterocycles. The molecule has 0 aliphatic heterocycles. The molecule has 9 rings (SSSR count). The van der Waals surface area contributed by atoms with Gasteiger partial charge in [-0.15, -0.1) is 0 Å². The van der Waals surface area contributed by atoms with E-state index in [4.69, 9.17) is 4.99 Å². The van der Waals surface area contributed by atoms with E-state index in [9.17, 15) is 0 Å². The van der Waals surface area contributed by atoms with E-state index in [2.05, 4.69) is 187 Å². The number of hydrogen-bond acceptors (Lipinski definition) is 1. The van der Waals surface area contributed by atoms with Gasteiger partial charge in [0, 0.05) is 44.0 Å². The minimum absolute atomic E-state index is 0.591. The minimum atomic E-state index is 0.591. The van der Waals surface area contributed by atoms with Crippen molar-refractivity contribution in [2.75, 3.05) is 0 Å². The molecule has 0 radical (unpaired) electrons. The maximum atomic E-state index is 5.39. The highest BCUT2D eigenvalue weighted by Crippen LogP contribution is 2.36. The Bertz CT molecular complexity index is 2450. The summed E-state index contributed by atoms with van der Waals surface area (Å²) >= 11 is 0. The topological polar surface area (TPSA) is 22.2 Å². The monoisotopic (exact) mass is 629 g/mol. The van der Waals surface area contributed by atoms with Crippen LogP contribution in [-0.2, 0) is 6.54 Å². The number of nitrogens with zero attached hydrogens (tertiary/aromatic N) is 3. The van der Waals surface area contributed by atoms with Gasteiger partial charge in [0.1, 0.15) is 0 Å². The second-order valence-electron chi connectivity index (χ2n) is 13.0. The number of benzene rings is 7. The smallest absolute Gasteiger partial charge is 0.0724 e. The lowest BCUT2D eigenvalue weighted by molar-refractivity contribution is 1.06. The Balaban J connectivity index is 1.36. The summed E-state index contributed by atoms with van der Waals surface area (Å²) in [5, 5.41) is 4.98. The van der Waals surface area contributed by atoms with Gasteiger partial charge in [-0.2, -0.15) is 0 Å². The van der Waals surface area contributed by atoms with Crippen LogP contribution >= 0.6 is 0 Å². The van der Waals surface area contributed by atoms with Crippen molar-refractivity contribution in [3.05, 3.63) is 192 Å². The molecular weight excluding hydrogens is 595 g/mol. The third-order valence-electron chi connectivity index (χ3n) is 9.72. The molecule has 0 bridgehead atoms. The number of aromatic nitrogens is 2. The predicted molar refractivity (Wildman–Crippen MR) is 207 cm³/mol. The van der Waals surface area contributed by atoms with E-state index in [1.807, 2.05) is 0 Å². The van der Waals surface area contributed by atoms with Gasteiger partial charge in [0.2, 0.25) is 0 Å². The van der Waals surface area contributed by atoms with Crippen molar-refractivity contribution >= 4 is 49.3 Å². The molecule has 0 N–H and O–H groups in total. The standard InChI is InChI=1S/C46H35N3/c1-31-19-23-33(24-20-31)30-47-46(34-25-21-32(2)22-26-34)35-27-36(48-42-15-7-3-11-38(42)39-12-4-8-16-43(39)48)29-37(28-35)49-44-17-9-5-13-40(44)41-14-6-10-18-45(41)49/h3-29H,30H2,1-2H3. The summed E-state index contributed by atoms with van der Waals surface area (Å²) in [7, 11) is 0. The number of aliphatic imine (C=N–C) groups is 1. The highest BCUT2D eigenvalue weighted by molar-refractivity contribution is 6.15. The molecule has 0 saturated heterocycles. The Labute approximate surface area is 286 Å². The zero-order valence-electron chi connectivity index (χ0n) is 27.6. The average Bonchev–Trinajstić information content (AvgIpc) is 3.66. The molecule has 0 spiro atoms. The fraction of sp³-hybridized carbons (Fsp3) is 0.0652. The first kappa shape index (κ1) is 29.0. The summed E-state index contributed by atoms with van der Waals surface area (Å²) in [5.74, 6) is 0. The summed E-state index contributed by atoms with van der Waals surface area (Å²) in [6.45, 7) is 4.85. The molecule has 0 saturated carbocycles. The molecule has 0 unspecified atom stereocenters. The van der Waals surface area contributed by atoms with Crippen LogP contribution in [0.25, 0.3) is 55.0 Å². The second-order valence-corrected chi connectivity index (χ2v) is 13.0. The SMILES string of the molecule is Cc1ccc(CN=C(c2ccc(C)cc2)c2cc(-n3c4ccccc4c4ccccc43)cc(-n3c4ccccc4c4ccccc43)c2)cc1. The third-order valence-corrected chi connectivity index (χ3v) is 9.72. The van der Waals surface area contributed by atoms with Crippen molar-refractivity contribution in [1.29, 1.82) is 0 Å². The van der Waals surface area contributed by atoms with Crippen molar-refractivity contribution in [3.8, 4) is 11.4 Å². The van der Waals surface area contributed by atoms with Gasteiger partial charge in [-0.25, -0.2) is 0 Å². The normalized spacial score (nSPS) is 12.1. The van der Waals surface area contributed by atoms with Crippen molar-refractivity contribution in [1.82, 2.24) is 9.13 Å². The molecular formula is C46H35N3. The van der Waals surface area contributed by atoms with Crippen molar-refractivity contribution in [2.24, 2.45) is 4.99 Å². The van der Waals surface area contributed by atoms with Crippen LogP contribution in [0, 0.1) is 13.8 Å². The van der Waals surface area contributed by atoms with Gasteiger partial charge in [-0.3, -0.25) is 4.99 Å². The number of hydrogen-bond donors (Lipinski definition) is 0. The maximum Gasteiger partial charge on any atom is 0.0724 e. The molecule has 0 aliphatic carbocycles. The fourth-order valence-corrected chi connectivity index (χ4v) is 7.32. The molecule has 9 aromatic rings. The first-order valence-electron chi connectivity index (χ1n) is 16.9. The minimum Gasteiger partial charge on any atom is -0.309 e. The Morgan fingerprint density at radius 1 is 0.429 bits per heavy atom. The quantitative estimate of drug-likeness (QED) is 0.163. The first-order valence-corrected chi connectivity index (χ1v) is 16.9. The van der Waals surface area contributed by atoms with Gasteiger partial charge in [-0.05, 0) is 61.9 Å². The van der Waals surface area contributed by atoms with E-state index in [1.165, 1.54) is 60.3 Å². The summed E-state index contributed by atoms with van der Waals surface area (Å²) in [5.41, 5.74) is 13.8. The molecule has 234 valence electrons. The van der Waals surface area contributed by atoms with E-state index in [0.717, 1.165) is 28.2 Å². The van der Waals surface area contributed by atoms with Gasteiger partial charge >= 0.3 is 0 Å². The first-order chi connectivity index (χ1) is 24.1. The summed E-state index contributed by atoms with van der Waals surface area (Å²) in [4.78, 5) is 5.39. The van der Waals surface area contributed by atoms with E-state index >= 15 is 0 Å². The lowest BCUT2D eigenvalue weighted by Crippen LogP contribution is -2.08. The molecule has 3 nitrogen and oxygen atoms in total. The van der Waals surface area contributed by atoms with Crippen LogP contribution in [0.5, 0.6) is 0 Å². The summed E-state index contributed by atoms with van der Waals surface area (Å²) in [6, 6.07) is 59.4. The highest BCUT2D eigenvalue weighted by Gasteiger charge is 2.18. The van der Waals surface area contributed by atoms with Gasteiger partial charge in [0.05, 0.1) is 34.3 Å². The van der Waals surface area contributed by atoms with E-state index < -0.39 is 0 Å². The molecule has 7 aromatic carbocycles. The lowest BCUT2D eigenvalue weighted by Gasteiger charge is -2.17. The molecule has 0 fully saturated rings. The second kappa shape index (κ2) is 11.8. The Hall–Kier alpha value is -6.19. The van der Waals surface area contributed by atoms with Gasteiger partial charge in [-0.1, -0.05) is 132 Å². The summed E-state index contributed by atoms with van der Waals surface area (Å²) < 4.78 is 4.83. The van der Waals surface area contributed by atoms with Crippen molar-refractivity contribution in [3.63, 3.8) is 0 Å². The van der Waals surface area contributed by atoms with Gasteiger partial charge < -0.3 is 9.13 Å². The molecule has 49 heavy (non-hydrogen) atoms. The van der Waals surface area contributed by atoms with Crippen LogP contribution in [-0.4, -0.2) is 14.8 Å². The van der Waals surface area contributed by atoms with Crippen LogP contribution in [0.2, 0.25) is 0 Å². The molecule has 0 atom stereocenters. The fourth-order valence-electron chi connectivity index (χ4n) is 7.32. The number of aryl methyl sites for hydroxylation is 2. The molecule has 0 amide bonds. The van der Waals surface area contributed by atoms with Crippen LogP contribution in [0.4, 0.5) is 0 Å². The predicted octanol–water partition coefficient (Wildman–Crippen LogP) is 11.5.